The third-order valence-electron chi connectivity index (χ3n) is 4.83. The SMILES string of the molecule is COc1ccc(C(=O)Nc2c3c(nn2-c2ccc(C)cc2)C[S@](=O)C3)c(OC)c1. The second kappa shape index (κ2) is 7.71. The van der Waals surface area contributed by atoms with Crippen molar-refractivity contribution in [1.29, 1.82) is 0 Å². The fourth-order valence-electron chi connectivity index (χ4n) is 3.29. The molecule has 29 heavy (non-hydrogen) atoms. The molecule has 1 aliphatic heterocycles. The van der Waals surface area contributed by atoms with Crippen molar-refractivity contribution in [2.75, 3.05) is 19.5 Å². The van der Waals surface area contributed by atoms with Gasteiger partial charge in [0.25, 0.3) is 5.91 Å². The van der Waals surface area contributed by atoms with Gasteiger partial charge in [-0.2, -0.15) is 5.10 Å². The fourth-order valence-corrected chi connectivity index (χ4v) is 4.55. The van der Waals surface area contributed by atoms with Crippen LogP contribution >= 0.6 is 0 Å². The van der Waals surface area contributed by atoms with Crippen LogP contribution in [0.25, 0.3) is 5.69 Å². The number of aromatic nitrogens is 2. The molecule has 0 saturated carbocycles. The summed E-state index contributed by atoms with van der Waals surface area (Å²) in [7, 11) is 2.05. The van der Waals surface area contributed by atoms with Crippen LogP contribution in [0.4, 0.5) is 5.82 Å². The Labute approximate surface area is 171 Å². The van der Waals surface area contributed by atoms with E-state index in [0.29, 0.717) is 34.4 Å². The van der Waals surface area contributed by atoms with E-state index < -0.39 is 10.8 Å². The highest BCUT2D eigenvalue weighted by Gasteiger charge is 2.29. The van der Waals surface area contributed by atoms with Crippen LogP contribution in [0.2, 0.25) is 0 Å². The van der Waals surface area contributed by atoms with Crippen LogP contribution in [0.5, 0.6) is 11.5 Å². The molecule has 1 N–H and O–H groups in total. The quantitative estimate of drug-likeness (QED) is 0.697. The van der Waals surface area contributed by atoms with E-state index in [9.17, 15) is 9.00 Å². The molecular formula is C21H21N3O4S. The van der Waals surface area contributed by atoms with Crippen molar-refractivity contribution < 1.29 is 18.5 Å². The number of ether oxygens (including phenoxy) is 2. The lowest BCUT2D eigenvalue weighted by atomic mass is 10.1. The van der Waals surface area contributed by atoms with Gasteiger partial charge in [0.05, 0.1) is 42.7 Å². The molecule has 2 aromatic carbocycles. The normalized spacial score (nSPS) is 15.1. The van der Waals surface area contributed by atoms with Gasteiger partial charge in [-0.25, -0.2) is 4.68 Å². The number of carbonyl (C=O) groups is 1. The van der Waals surface area contributed by atoms with Crippen LogP contribution in [0.15, 0.2) is 42.5 Å². The maximum absolute atomic E-state index is 13.1. The van der Waals surface area contributed by atoms with Crippen molar-refractivity contribution >= 4 is 22.5 Å². The van der Waals surface area contributed by atoms with E-state index in [1.807, 2.05) is 31.2 Å². The first-order valence-electron chi connectivity index (χ1n) is 9.06. The average Bonchev–Trinajstić information content (AvgIpc) is 3.24. The number of methoxy groups -OCH3 is 2. The molecule has 0 unspecified atom stereocenters. The first-order valence-corrected chi connectivity index (χ1v) is 10.5. The summed E-state index contributed by atoms with van der Waals surface area (Å²) in [5.74, 6) is 1.97. The smallest absolute Gasteiger partial charge is 0.260 e. The van der Waals surface area contributed by atoms with Crippen LogP contribution in [0.1, 0.15) is 27.2 Å². The summed E-state index contributed by atoms with van der Waals surface area (Å²) in [6.07, 6.45) is 0. The number of fused-ring (bicyclic) bond motifs is 1. The Balaban J connectivity index is 1.74. The highest BCUT2D eigenvalue weighted by Crippen LogP contribution is 2.32. The van der Waals surface area contributed by atoms with Gasteiger partial charge in [-0.05, 0) is 31.2 Å². The van der Waals surface area contributed by atoms with Gasteiger partial charge in [0.15, 0.2) is 0 Å². The second-order valence-electron chi connectivity index (χ2n) is 6.77. The Morgan fingerprint density at radius 1 is 1.10 bits per heavy atom. The molecule has 1 aromatic heterocycles. The monoisotopic (exact) mass is 411 g/mol. The molecule has 0 saturated heterocycles. The Morgan fingerprint density at radius 3 is 2.55 bits per heavy atom. The molecule has 150 valence electrons. The van der Waals surface area contributed by atoms with Gasteiger partial charge in [-0.1, -0.05) is 17.7 Å². The van der Waals surface area contributed by atoms with Crippen LogP contribution in [0, 0.1) is 6.92 Å². The molecular weight excluding hydrogens is 390 g/mol. The predicted molar refractivity (Wildman–Crippen MR) is 111 cm³/mol. The Kier molecular flexibility index (Phi) is 5.10. The molecule has 0 aliphatic carbocycles. The standard InChI is InChI=1S/C21H21N3O4S/c1-13-4-6-14(7-5-13)24-20(17-11-29(26)12-18(17)23-24)22-21(25)16-9-8-15(27-2)10-19(16)28-3/h4-10H,11-12H2,1-3H3,(H,22,25)/t29-/m1/s1. The first kappa shape index (κ1) is 19.2. The number of nitrogens with one attached hydrogen (secondary N) is 1. The minimum atomic E-state index is -1.00. The minimum absolute atomic E-state index is 0.335. The zero-order chi connectivity index (χ0) is 20.5. The Bertz CT molecular complexity index is 1110. The lowest BCUT2D eigenvalue weighted by Gasteiger charge is -2.13. The van der Waals surface area contributed by atoms with Crippen molar-refractivity contribution in [2.45, 2.75) is 18.4 Å². The summed E-state index contributed by atoms with van der Waals surface area (Å²) in [6, 6.07) is 12.9. The maximum Gasteiger partial charge on any atom is 0.260 e. The second-order valence-corrected chi connectivity index (χ2v) is 8.23. The topological polar surface area (TPSA) is 82.5 Å². The number of amides is 1. The fraction of sp³-hybridized carbons (Fsp3) is 0.238. The van der Waals surface area contributed by atoms with Crippen LogP contribution in [-0.2, 0) is 22.3 Å². The highest BCUT2D eigenvalue weighted by molar-refractivity contribution is 7.83. The maximum atomic E-state index is 13.1. The van der Waals surface area contributed by atoms with Gasteiger partial charge in [-0.15, -0.1) is 0 Å². The molecule has 0 radical (unpaired) electrons. The lowest BCUT2D eigenvalue weighted by Crippen LogP contribution is -2.17. The molecule has 0 fully saturated rings. The van der Waals surface area contributed by atoms with E-state index in [2.05, 4.69) is 10.4 Å². The van der Waals surface area contributed by atoms with Crippen molar-refractivity contribution in [3.05, 3.63) is 64.8 Å². The van der Waals surface area contributed by atoms with E-state index in [0.717, 1.165) is 22.5 Å². The van der Waals surface area contributed by atoms with Gasteiger partial charge in [0.2, 0.25) is 0 Å². The average molecular weight is 411 g/mol. The number of nitrogens with zero attached hydrogens (tertiary/aromatic N) is 2. The molecule has 0 spiro atoms. The van der Waals surface area contributed by atoms with E-state index in [4.69, 9.17) is 9.47 Å². The lowest BCUT2D eigenvalue weighted by molar-refractivity contribution is 0.102. The molecule has 7 nitrogen and oxygen atoms in total. The number of aryl methyl sites for hydroxylation is 1. The van der Waals surface area contributed by atoms with Crippen molar-refractivity contribution in [2.24, 2.45) is 0 Å². The third kappa shape index (κ3) is 3.63. The summed E-state index contributed by atoms with van der Waals surface area (Å²) in [4.78, 5) is 13.1. The van der Waals surface area contributed by atoms with Crippen LogP contribution < -0.4 is 14.8 Å². The van der Waals surface area contributed by atoms with E-state index in [1.165, 1.54) is 7.11 Å². The first-order chi connectivity index (χ1) is 14.0. The zero-order valence-corrected chi connectivity index (χ0v) is 17.2. The molecule has 1 aliphatic rings. The molecule has 4 rings (SSSR count). The summed E-state index contributed by atoms with van der Waals surface area (Å²) in [5.41, 5.74) is 3.89. The number of rotatable bonds is 5. The summed E-state index contributed by atoms with van der Waals surface area (Å²) >= 11 is 0. The predicted octanol–water partition coefficient (Wildman–Crippen LogP) is 3.21. The van der Waals surface area contributed by atoms with Gasteiger partial charge >= 0.3 is 0 Å². The number of hydrogen-bond donors (Lipinski definition) is 1. The van der Waals surface area contributed by atoms with E-state index in [-0.39, 0.29) is 5.91 Å². The largest absolute Gasteiger partial charge is 0.497 e. The van der Waals surface area contributed by atoms with E-state index in [1.54, 1.807) is 30.0 Å². The van der Waals surface area contributed by atoms with Crippen molar-refractivity contribution in [3.63, 3.8) is 0 Å². The van der Waals surface area contributed by atoms with Crippen molar-refractivity contribution in [3.8, 4) is 17.2 Å². The zero-order valence-electron chi connectivity index (χ0n) is 16.4. The summed E-state index contributed by atoms with van der Waals surface area (Å²) in [5, 5.41) is 7.57. The Hall–Kier alpha value is -3.13. The number of benzene rings is 2. The minimum Gasteiger partial charge on any atom is -0.497 e. The number of anilines is 1. The summed E-state index contributed by atoms with van der Waals surface area (Å²) < 4.78 is 24.3. The van der Waals surface area contributed by atoms with Gasteiger partial charge in [0.1, 0.15) is 17.3 Å². The van der Waals surface area contributed by atoms with Crippen molar-refractivity contribution in [1.82, 2.24) is 9.78 Å². The highest BCUT2D eigenvalue weighted by atomic mass is 32.2. The third-order valence-corrected chi connectivity index (χ3v) is 6.04. The summed E-state index contributed by atoms with van der Waals surface area (Å²) in [6.45, 7) is 2.01. The molecule has 3 aromatic rings. The molecule has 2 heterocycles. The number of hydrogen-bond acceptors (Lipinski definition) is 5. The molecule has 1 atom stereocenters. The molecule has 1 amide bonds. The van der Waals surface area contributed by atoms with Gasteiger partial charge < -0.3 is 14.8 Å². The van der Waals surface area contributed by atoms with E-state index >= 15 is 0 Å². The molecule has 8 heteroatoms. The van der Waals surface area contributed by atoms with Gasteiger partial charge in [-0.3, -0.25) is 9.00 Å². The van der Waals surface area contributed by atoms with Gasteiger partial charge in [0, 0.05) is 22.4 Å². The molecule has 0 bridgehead atoms. The number of carbonyl (C=O) groups excluding carboxylic acids is 1. The van der Waals surface area contributed by atoms with Crippen LogP contribution in [-0.4, -0.2) is 34.1 Å². The van der Waals surface area contributed by atoms with Crippen LogP contribution in [0.3, 0.4) is 0 Å². The Morgan fingerprint density at radius 2 is 1.86 bits per heavy atom.